The topological polar surface area (TPSA) is 63.6 Å². The molecule has 0 fully saturated rings. The van der Waals surface area contributed by atoms with E-state index in [1.807, 2.05) is 19.9 Å². The summed E-state index contributed by atoms with van der Waals surface area (Å²) in [5, 5.41) is 10.1. The SMILES string of the molecule is C/C=C(\C)CCOC(=O)/C(O)=C/C(=O)c1ccc(Cl)cc1Cl. The number of ketones is 1. The Hall–Kier alpha value is -1.78. The Bertz CT molecular complexity index is 633. The van der Waals surface area contributed by atoms with Crippen molar-refractivity contribution in [3.05, 3.63) is 57.3 Å². The number of aliphatic hydroxyl groups is 1. The third-order valence-electron chi connectivity index (χ3n) is 2.90. The van der Waals surface area contributed by atoms with Crippen LogP contribution >= 0.6 is 23.2 Å². The molecule has 0 saturated heterocycles. The molecule has 0 atom stereocenters. The molecular formula is C16H16Cl2O4. The molecule has 0 amide bonds. The summed E-state index contributed by atoms with van der Waals surface area (Å²) >= 11 is 11.6. The Morgan fingerprint density at radius 1 is 1.32 bits per heavy atom. The molecule has 0 spiro atoms. The van der Waals surface area contributed by atoms with E-state index in [-0.39, 0.29) is 17.2 Å². The van der Waals surface area contributed by atoms with Gasteiger partial charge in [-0.15, -0.1) is 0 Å². The Kier molecular flexibility index (Phi) is 7.15. The maximum atomic E-state index is 11.9. The lowest BCUT2D eigenvalue weighted by atomic mass is 10.1. The lowest BCUT2D eigenvalue weighted by Gasteiger charge is -2.05. The molecule has 0 bridgehead atoms. The Morgan fingerprint density at radius 2 is 2.00 bits per heavy atom. The number of esters is 1. The average Bonchev–Trinajstić information content (AvgIpc) is 2.46. The first kappa shape index (κ1) is 18.3. The molecule has 0 unspecified atom stereocenters. The molecule has 1 N–H and O–H groups in total. The van der Waals surface area contributed by atoms with Gasteiger partial charge in [0.15, 0.2) is 5.78 Å². The molecule has 4 nitrogen and oxygen atoms in total. The van der Waals surface area contributed by atoms with Crippen molar-refractivity contribution in [2.75, 3.05) is 6.61 Å². The van der Waals surface area contributed by atoms with Crippen LogP contribution in [-0.4, -0.2) is 23.5 Å². The van der Waals surface area contributed by atoms with Gasteiger partial charge in [0.25, 0.3) is 0 Å². The van der Waals surface area contributed by atoms with Gasteiger partial charge in [-0.25, -0.2) is 4.79 Å². The monoisotopic (exact) mass is 342 g/mol. The molecular weight excluding hydrogens is 327 g/mol. The van der Waals surface area contributed by atoms with Crippen molar-refractivity contribution in [2.45, 2.75) is 20.3 Å². The molecule has 0 radical (unpaired) electrons. The molecule has 0 heterocycles. The van der Waals surface area contributed by atoms with Crippen LogP contribution in [0, 0.1) is 0 Å². The first-order valence-corrected chi connectivity index (χ1v) is 7.29. The fraction of sp³-hybridized carbons (Fsp3) is 0.250. The maximum absolute atomic E-state index is 11.9. The van der Waals surface area contributed by atoms with Crippen LogP contribution in [0.15, 0.2) is 41.7 Å². The number of aliphatic hydroxyl groups excluding tert-OH is 1. The van der Waals surface area contributed by atoms with Gasteiger partial charge in [0.2, 0.25) is 5.76 Å². The molecule has 0 aliphatic rings. The van der Waals surface area contributed by atoms with E-state index in [1.54, 1.807) is 0 Å². The summed E-state index contributed by atoms with van der Waals surface area (Å²) in [7, 11) is 0. The molecule has 0 saturated carbocycles. The van der Waals surface area contributed by atoms with Crippen LogP contribution in [0.3, 0.4) is 0 Å². The second-order valence-corrected chi connectivity index (χ2v) is 5.38. The Morgan fingerprint density at radius 3 is 2.59 bits per heavy atom. The van der Waals surface area contributed by atoms with Crippen molar-refractivity contribution in [2.24, 2.45) is 0 Å². The average molecular weight is 343 g/mol. The van der Waals surface area contributed by atoms with Gasteiger partial charge in [-0.05, 0) is 32.0 Å². The number of allylic oxidation sites excluding steroid dienone is 2. The van der Waals surface area contributed by atoms with E-state index in [2.05, 4.69) is 0 Å². The van der Waals surface area contributed by atoms with E-state index in [1.165, 1.54) is 18.2 Å². The highest BCUT2D eigenvalue weighted by Gasteiger charge is 2.14. The number of ether oxygens (including phenoxy) is 1. The van der Waals surface area contributed by atoms with Gasteiger partial charge in [-0.3, -0.25) is 4.79 Å². The molecule has 0 aromatic heterocycles. The van der Waals surface area contributed by atoms with E-state index in [9.17, 15) is 14.7 Å². The van der Waals surface area contributed by atoms with Crippen molar-refractivity contribution in [3.63, 3.8) is 0 Å². The summed E-state index contributed by atoms with van der Waals surface area (Å²) in [4.78, 5) is 23.5. The highest BCUT2D eigenvalue weighted by atomic mass is 35.5. The highest BCUT2D eigenvalue weighted by molar-refractivity contribution is 6.37. The summed E-state index contributed by atoms with van der Waals surface area (Å²) in [6.45, 7) is 3.90. The van der Waals surface area contributed by atoms with Crippen molar-refractivity contribution in [3.8, 4) is 0 Å². The number of halogens is 2. The predicted octanol–water partition coefficient (Wildman–Crippen LogP) is 4.52. The number of hydrogen-bond acceptors (Lipinski definition) is 4. The minimum Gasteiger partial charge on any atom is -0.502 e. The summed E-state index contributed by atoms with van der Waals surface area (Å²) < 4.78 is 4.86. The summed E-state index contributed by atoms with van der Waals surface area (Å²) in [6.07, 6.45) is 3.24. The van der Waals surface area contributed by atoms with Crippen LogP contribution in [0.2, 0.25) is 10.0 Å². The fourth-order valence-electron chi connectivity index (χ4n) is 1.47. The molecule has 1 rings (SSSR count). The Balaban J connectivity index is 2.70. The van der Waals surface area contributed by atoms with Gasteiger partial charge >= 0.3 is 5.97 Å². The number of carbonyl (C=O) groups excluding carboxylic acids is 2. The van der Waals surface area contributed by atoms with E-state index in [0.29, 0.717) is 11.4 Å². The van der Waals surface area contributed by atoms with Gasteiger partial charge in [0.1, 0.15) is 0 Å². The second kappa shape index (κ2) is 8.61. The minimum absolute atomic E-state index is 0.128. The van der Waals surface area contributed by atoms with Gasteiger partial charge in [-0.2, -0.15) is 0 Å². The smallest absolute Gasteiger partial charge is 0.373 e. The van der Waals surface area contributed by atoms with Crippen molar-refractivity contribution in [1.82, 2.24) is 0 Å². The van der Waals surface area contributed by atoms with Crippen molar-refractivity contribution in [1.29, 1.82) is 0 Å². The van der Waals surface area contributed by atoms with Gasteiger partial charge in [-0.1, -0.05) is 34.9 Å². The Labute approximate surface area is 139 Å². The fourth-order valence-corrected chi connectivity index (χ4v) is 1.97. The molecule has 118 valence electrons. The lowest BCUT2D eigenvalue weighted by Crippen LogP contribution is -2.11. The van der Waals surface area contributed by atoms with Gasteiger partial charge in [0, 0.05) is 23.1 Å². The zero-order valence-electron chi connectivity index (χ0n) is 12.2. The summed E-state index contributed by atoms with van der Waals surface area (Å²) in [5.74, 6) is -2.34. The number of benzene rings is 1. The first-order valence-electron chi connectivity index (χ1n) is 6.54. The van der Waals surface area contributed by atoms with Crippen LogP contribution in [0.25, 0.3) is 0 Å². The van der Waals surface area contributed by atoms with E-state index in [0.717, 1.165) is 11.6 Å². The lowest BCUT2D eigenvalue weighted by molar-refractivity contribution is -0.141. The quantitative estimate of drug-likeness (QED) is 0.271. The third kappa shape index (κ3) is 5.54. The zero-order valence-corrected chi connectivity index (χ0v) is 13.7. The van der Waals surface area contributed by atoms with Crippen molar-refractivity contribution >= 4 is 35.0 Å². The molecule has 22 heavy (non-hydrogen) atoms. The molecule has 6 heteroatoms. The third-order valence-corrected chi connectivity index (χ3v) is 3.44. The van der Waals surface area contributed by atoms with Gasteiger partial charge in [0.05, 0.1) is 11.6 Å². The number of hydrogen-bond donors (Lipinski definition) is 1. The van der Waals surface area contributed by atoms with Crippen LogP contribution in [0.1, 0.15) is 30.6 Å². The normalized spacial score (nSPS) is 12.2. The molecule has 1 aromatic rings. The van der Waals surface area contributed by atoms with E-state index >= 15 is 0 Å². The summed E-state index contributed by atoms with van der Waals surface area (Å²) in [6, 6.07) is 4.31. The standard InChI is InChI=1S/C16H16Cl2O4/c1-3-10(2)6-7-22-16(21)15(20)9-14(19)12-5-4-11(17)8-13(12)18/h3-5,8-9,20H,6-7H2,1-2H3/b10-3+,15-9-. The number of rotatable bonds is 6. The predicted molar refractivity (Wildman–Crippen MR) is 86.5 cm³/mol. The van der Waals surface area contributed by atoms with Crippen LogP contribution in [-0.2, 0) is 9.53 Å². The van der Waals surface area contributed by atoms with Gasteiger partial charge < -0.3 is 9.84 Å². The number of carbonyl (C=O) groups is 2. The maximum Gasteiger partial charge on any atom is 0.373 e. The van der Waals surface area contributed by atoms with Crippen LogP contribution < -0.4 is 0 Å². The first-order chi connectivity index (χ1) is 10.3. The molecule has 0 aliphatic heterocycles. The molecule has 0 aliphatic carbocycles. The van der Waals surface area contributed by atoms with Crippen LogP contribution in [0.4, 0.5) is 0 Å². The second-order valence-electron chi connectivity index (χ2n) is 4.54. The van der Waals surface area contributed by atoms with E-state index in [4.69, 9.17) is 27.9 Å². The molecule has 1 aromatic carbocycles. The van der Waals surface area contributed by atoms with Crippen molar-refractivity contribution < 1.29 is 19.4 Å². The van der Waals surface area contributed by atoms with Crippen LogP contribution in [0.5, 0.6) is 0 Å². The summed E-state index contributed by atoms with van der Waals surface area (Å²) in [5.41, 5.74) is 1.19. The highest BCUT2D eigenvalue weighted by Crippen LogP contribution is 2.21. The zero-order chi connectivity index (χ0) is 16.7. The van der Waals surface area contributed by atoms with E-state index < -0.39 is 17.5 Å². The largest absolute Gasteiger partial charge is 0.502 e. The minimum atomic E-state index is -0.956.